The van der Waals surface area contributed by atoms with E-state index in [1.807, 2.05) is 19.1 Å². The number of aryl methyl sites for hydroxylation is 1. The van der Waals surface area contributed by atoms with Crippen LogP contribution in [0.2, 0.25) is 0 Å². The molecule has 5 nitrogen and oxygen atoms in total. The van der Waals surface area contributed by atoms with E-state index in [2.05, 4.69) is 0 Å². The van der Waals surface area contributed by atoms with Crippen molar-refractivity contribution < 1.29 is 9.13 Å². The van der Waals surface area contributed by atoms with Gasteiger partial charge >= 0.3 is 11.1 Å². The number of aromatic nitrogens is 2. The van der Waals surface area contributed by atoms with Gasteiger partial charge in [0.1, 0.15) is 0 Å². The van der Waals surface area contributed by atoms with Crippen LogP contribution in [0.3, 0.4) is 0 Å². The maximum Gasteiger partial charge on any atom is 0.320 e. The lowest BCUT2D eigenvalue weighted by Gasteiger charge is -2.11. The first kappa shape index (κ1) is 16.7. The molecule has 0 saturated carbocycles. The molecule has 3 rings (SSSR count). The zero-order valence-corrected chi connectivity index (χ0v) is 13.9. The zero-order valence-electron chi connectivity index (χ0n) is 13.9. The van der Waals surface area contributed by atoms with Crippen molar-refractivity contribution in [3.8, 4) is 11.4 Å². The van der Waals surface area contributed by atoms with Crippen molar-refractivity contribution in [1.29, 1.82) is 0 Å². The van der Waals surface area contributed by atoms with Crippen molar-refractivity contribution in [2.75, 3.05) is 7.11 Å². The molecular weight excluding hydrogens is 323 g/mol. The Labute approximate surface area is 143 Å². The quantitative estimate of drug-likeness (QED) is 0.686. The number of para-hydroxylation sites is 1. The minimum absolute atomic E-state index is 0.101. The van der Waals surface area contributed by atoms with Crippen LogP contribution >= 0.6 is 0 Å². The van der Waals surface area contributed by atoms with E-state index < -0.39 is 16.9 Å². The third-order valence-electron chi connectivity index (χ3n) is 4.00. The highest BCUT2D eigenvalue weighted by atomic mass is 19.1. The van der Waals surface area contributed by atoms with Gasteiger partial charge in [-0.25, -0.2) is 4.39 Å². The summed E-state index contributed by atoms with van der Waals surface area (Å²) >= 11 is 0. The van der Waals surface area contributed by atoms with Crippen molar-refractivity contribution in [3.05, 3.63) is 92.5 Å². The SMILES string of the molecule is COc1ccc(Cn2ccn(-c3ccccc3C)c(=O)c2=O)cc1F. The number of rotatable bonds is 4. The molecule has 0 fully saturated rings. The summed E-state index contributed by atoms with van der Waals surface area (Å²) in [6, 6.07) is 11.8. The van der Waals surface area contributed by atoms with Gasteiger partial charge in [0.15, 0.2) is 11.6 Å². The first-order valence-electron chi connectivity index (χ1n) is 7.72. The zero-order chi connectivity index (χ0) is 18.0. The molecular formula is C19H17FN2O3. The topological polar surface area (TPSA) is 53.2 Å². The molecule has 0 aliphatic heterocycles. The Morgan fingerprint density at radius 3 is 2.48 bits per heavy atom. The number of ether oxygens (including phenoxy) is 1. The fourth-order valence-corrected chi connectivity index (χ4v) is 2.66. The third-order valence-corrected chi connectivity index (χ3v) is 4.00. The lowest BCUT2D eigenvalue weighted by Crippen LogP contribution is -2.40. The summed E-state index contributed by atoms with van der Waals surface area (Å²) in [6.07, 6.45) is 3.07. The standard InChI is InChI=1S/C19H17FN2O3/c1-13-5-3-4-6-16(13)22-10-9-21(18(23)19(22)24)12-14-7-8-17(25-2)15(20)11-14/h3-11H,12H2,1-2H3. The molecule has 128 valence electrons. The van der Waals surface area contributed by atoms with E-state index in [0.29, 0.717) is 11.3 Å². The molecule has 0 unspecified atom stereocenters. The lowest BCUT2D eigenvalue weighted by atomic mass is 10.2. The van der Waals surface area contributed by atoms with Crippen molar-refractivity contribution in [2.45, 2.75) is 13.5 Å². The number of methoxy groups -OCH3 is 1. The van der Waals surface area contributed by atoms with Gasteiger partial charge in [0.05, 0.1) is 19.3 Å². The number of hydrogen-bond donors (Lipinski definition) is 0. The molecule has 2 aromatic carbocycles. The Balaban J connectivity index is 1.99. The maximum absolute atomic E-state index is 13.8. The van der Waals surface area contributed by atoms with Crippen LogP contribution in [0, 0.1) is 12.7 Å². The fraction of sp³-hybridized carbons (Fsp3) is 0.158. The Hall–Kier alpha value is -3.15. The first-order chi connectivity index (χ1) is 12.0. The van der Waals surface area contributed by atoms with Crippen LogP contribution < -0.4 is 15.9 Å². The van der Waals surface area contributed by atoms with Crippen LogP contribution in [-0.2, 0) is 6.54 Å². The Kier molecular flexibility index (Phi) is 4.52. The molecule has 0 atom stereocenters. The van der Waals surface area contributed by atoms with Crippen LogP contribution in [-0.4, -0.2) is 16.2 Å². The number of hydrogen-bond acceptors (Lipinski definition) is 3. The molecule has 1 aromatic heterocycles. The van der Waals surface area contributed by atoms with E-state index >= 15 is 0 Å². The van der Waals surface area contributed by atoms with Crippen LogP contribution in [0.4, 0.5) is 4.39 Å². The second kappa shape index (κ2) is 6.76. The average Bonchev–Trinajstić information content (AvgIpc) is 2.60. The average molecular weight is 340 g/mol. The molecule has 1 heterocycles. The Morgan fingerprint density at radius 2 is 1.80 bits per heavy atom. The molecule has 0 saturated heterocycles. The van der Waals surface area contributed by atoms with Gasteiger partial charge in [-0.05, 0) is 36.2 Å². The second-order valence-corrected chi connectivity index (χ2v) is 5.66. The van der Waals surface area contributed by atoms with Gasteiger partial charge in [-0.3, -0.25) is 14.2 Å². The van der Waals surface area contributed by atoms with Crippen LogP contribution in [0.1, 0.15) is 11.1 Å². The van der Waals surface area contributed by atoms with Gasteiger partial charge in [0.2, 0.25) is 0 Å². The van der Waals surface area contributed by atoms with Crippen molar-refractivity contribution in [1.82, 2.24) is 9.13 Å². The number of nitrogens with zero attached hydrogens (tertiary/aromatic N) is 2. The molecule has 3 aromatic rings. The summed E-state index contributed by atoms with van der Waals surface area (Å²) in [4.78, 5) is 24.8. The molecule has 0 spiro atoms. The van der Waals surface area contributed by atoms with Crippen molar-refractivity contribution >= 4 is 0 Å². The summed E-state index contributed by atoms with van der Waals surface area (Å²) in [5.74, 6) is -0.382. The molecule has 0 aliphatic carbocycles. The summed E-state index contributed by atoms with van der Waals surface area (Å²) < 4.78 is 21.2. The van der Waals surface area contributed by atoms with E-state index in [0.717, 1.165) is 5.56 Å². The van der Waals surface area contributed by atoms with Gasteiger partial charge in [-0.1, -0.05) is 24.3 Å². The van der Waals surface area contributed by atoms with E-state index in [9.17, 15) is 14.0 Å². The van der Waals surface area contributed by atoms with E-state index in [-0.39, 0.29) is 12.3 Å². The summed E-state index contributed by atoms with van der Waals surface area (Å²) in [7, 11) is 1.38. The van der Waals surface area contributed by atoms with E-state index in [1.54, 1.807) is 24.4 Å². The normalized spacial score (nSPS) is 10.7. The number of benzene rings is 2. The summed E-state index contributed by atoms with van der Waals surface area (Å²) in [5.41, 5.74) is 0.799. The van der Waals surface area contributed by atoms with Gasteiger partial charge < -0.3 is 9.30 Å². The Bertz CT molecular complexity index is 1040. The predicted octanol–water partition coefficient (Wildman–Crippen LogP) is 2.50. The Morgan fingerprint density at radius 1 is 1.04 bits per heavy atom. The fourth-order valence-electron chi connectivity index (χ4n) is 2.66. The maximum atomic E-state index is 13.8. The molecule has 6 heteroatoms. The van der Waals surface area contributed by atoms with Crippen LogP contribution in [0.25, 0.3) is 5.69 Å². The summed E-state index contributed by atoms with van der Waals surface area (Å²) in [5, 5.41) is 0. The third kappa shape index (κ3) is 3.24. The van der Waals surface area contributed by atoms with Gasteiger partial charge in [0.25, 0.3) is 0 Å². The molecule has 0 bridgehead atoms. The van der Waals surface area contributed by atoms with Crippen molar-refractivity contribution in [3.63, 3.8) is 0 Å². The predicted molar refractivity (Wildman–Crippen MR) is 93.1 cm³/mol. The summed E-state index contributed by atoms with van der Waals surface area (Å²) in [6.45, 7) is 1.97. The smallest absolute Gasteiger partial charge is 0.320 e. The van der Waals surface area contributed by atoms with Gasteiger partial charge in [-0.2, -0.15) is 0 Å². The van der Waals surface area contributed by atoms with Gasteiger partial charge in [-0.15, -0.1) is 0 Å². The van der Waals surface area contributed by atoms with Gasteiger partial charge in [0, 0.05) is 12.4 Å². The van der Waals surface area contributed by atoms with Crippen LogP contribution in [0.15, 0.2) is 64.4 Å². The number of halogens is 1. The van der Waals surface area contributed by atoms with E-state index in [1.165, 1.54) is 34.6 Å². The molecule has 25 heavy (non-hydrogen) atoms. The van der Waals surface area contributed by atoms with Crippen molar-refractivity contribution in [2.24, 2.45) is 0 Å². The first-order valence-corrected chi connectivity index (χ1v) is 7.72. The van der Waals surface area contributed by atoms with Crippen LogP contribution in [0.5, 0.6) is 5.75 Å². The largest absolute Gasteiger partial charge is 0.494 e. The monoisotopic (exact) mass is 340 g/mol. The highest BCUT2D eigenvalue weighted by molar-refractivity contribution is 5.39. The highest BCUT2D eigenvalue weighted by Crippen LogP contribution is 2.18. The second-order valence-electron chi connectivity index (χ2n) is 5.66. The molecule has 0 amide bonds. The lowest BCUT2D eigenvalue weighted by molar-refractivity contribution is 0.386. The molecule has 0 N–H and O–H groups in total. The highest BCUT2D eigenvalue weighted by Gasteiger charge is 2.10. The molecule has 0 aliphatic rings. The van der Waals surface area contributed by atoms with E-state index in [4.69, 9.17) is 4.74 Å². The minimum atomic E-state index is -0.665. The minimum Gasteiger partial charge on any atom is -0.494 e. The molecule has 0 radical (unpaired) electrons.